The van der Waals surface area contributed by atoms with Crippen molar-refractivity contribution < 1.29 is 32.2 Å². The summed E-state index contributed by atoms with van der Waals surface area (Å²) < 4.78 is 49.9. The largest absolute Gasteiger partial charge is 0.453 e. The Kier molecular flexibility index (Phi) is 7.02. The summed E-state index contributed by atoms with van der Waals surface area (Å²) in [6.07, 6.45) is 3.82. The van der Waals surface area contributed by atoms with Crippen molar-refractivity contribution in [1.82, 2.24) is 14.9 Å². The Morgan fingerprint density at radius 2 is 1.97 bits per heavy atom. The molecule has 2 amide bonds. The van der Waals surface area contributed by atoms with E-state index in [2.05, 4.69) is 24.8 Å². The predicted molar refractivity (Wildman–Crippen MR) is 133 cm³/mol. The first-order chi connectivity index (χ1) is 18.2. The SMILES string of the molecule is COC(=O)Nc1ccc(-c2cnc([C@@H]3CC[C@H]4CC(c5c(OC(F)F)ccc(Cl)c5F)=CC(=O)N43)[nH]2)cc1. The van der Waals surface area contributed by atoms with Crippen molar-refractivity contribution in [3.63, 3.8) is 0 Å². The molecule has 0 saturated carbocycles. The summed E-state index contributed by atoms with van der Waals surface area (Å²) in [5, 5.41) is 2.33. The van der Waals surface area contributed by atoms with Gasteiger partial charge in [0.2, 0.25) is 5.91 Å². The van der Waals surface area contributed by atoms with Gasteiger partial charge in [-0.1, -0.05) is 23.7 Å². The molecule has 0 aliphatic carbocycles. The van der Waals surface area contributed by atoms with E-state index in [9.17, 15) is 22.8 Å². The van der Waals surface area contributed by atoms with Gasteiger partial charge in [-0.25, -0.2) is 14.2 Å². The maximum atomic E-state index is 14.9. The molecule has 2 aliphatic rings. The highest BCUT2D eigenvalue weighted by molar-refractivity contribution is 6.31. The molecular formula is C26H22ClF3N4O4. The molecule has 2 atom stereocenters. The first-order valence-corrected chi connectivity index (χ1v) is 12.1. The number of hydrogen-bond acceptors (Lipinski definition) is 5. The average molecular weight is 547 g/mol. The van der Waals surface area contributed by atoms with E-state index in [1.807, 2.05) is 0 Å². The topological polar surface area (TPSA) is 96.6 Å². The lowest BCUT2D eigenvalue weighted by molar-refractivity contribution is -0.129. The Hall–Kier alpha value is -3.99. The van der Waals surface area contributed by atoms with Gasteiger partial charge < -0.3 is 19.4 Å². The number of alkyl halides is 2. The number of H-pyrrole nitrogens is 1. The van der Waals surface area contributed by atoms with Crippen LogP contribution in [0.5, 0.6) is 5.75 Å². The summed E-state index contributed by atoms with van der Waals surface area (Å²) in [6.45, 7) is -3.16. The highest BCUT2D eigenvalue weighted by Gasteiger charge is 2.42. The molecule has 1 aromatic heterocycles. The van der Waals surface area contributed by atoms with Gasteiger partial charge in [-0.3, -0.25) is 10.1 Å². The summed E-state index contributed by atoms with van der Waals surface area (Å²) in [5.74, 6) is -1.06. The lowest BCUT2D eigenvalue weighted by Crippen LogP contribution is -2.39. The Labute approximate surface area is 220 Å². The Balaban J connectivity index is 1.37. The molecule has 1 saturated heterocycles. The first kappa shape index (κ1) is 25.7. The second-order valence-corrected chi connectivity index (χ2v) is 9.26. The van der Waals surface area contributed by atoms with Gasteiger partial charge >= 0.3 is 12.7 Å². The number of rotatable bonds is 6. The molecule has 3 heterocycles. The third-order valence-corrected chi connectivity index (χ3v) is 6.93. The van der Waals surface area contributed by atoms with E-state index in [-0.39, 0.29) is 46.3 Å². The van der Waals surface area contributed by atoms with Crippen LogP contribution < -0.4 is 10.1 Å². The van der Waals surface area contributed by atoms with Gasteiger partial charge in [-0.2, -0.15) is 8.78 Å². The van der Waals surface area contributed by atoms with E-state index in [0.717, 1.165) is 17.3 Å². The number of halogens is 4. The van der Waals surface area contributed by atoms with Crippen LogP contribution in [0, 0.1) is 5.82 Å². The number of carbonyl (C=O) groups excluding carboxylic acids is 2. The van der Waals surface area contributed by atoms with Crippen LogP contribution in [0.4, 0.5) is 23.7 Å². The number of nitrogens with one attached hydrogen (secondary N) is 2. The summed E-state index contributed by atoms with van der Waals surface area (Å²) >= 11 is 5.91. The molecule has 0 radical (unpaired) electrons. The van der Waals surface area contributed by atoms with Gasteiger partial charge in [-0.05, 0) is 54.7 Å². The lowest BCUT2D eigenvalue weighted by atomic mass is 9.93. The number of methoxy groups -OCH3 is 1. The minimum Gasteiger partial charge on any atom is -0.453 e. The van der Waals surface area contributed by atoms with Crippen LogP contribution in [0.25, 0.3) is 16.8 Å². The van der Waals surface area contributed by atoms with Crippen molar-refractivity contribution in [2.75, 3.05) is 12.4 Å². The molecule has 3 aromatic rings. The first-order valence-electron chi connectivity index (χ1n) is 11.7. The molecule has 0 unspecified atom stereocenters. The van der Waals surface area contributed by atoms with Crippen molar-refractivity contribution in [1.29, 1.82) is 0 Å². The summed E-state index contributed by atoms with van der Waals surface area (Å²) in [6, 6.07) is 8.75. The maximum Gasteiger partial charge on any atom is 0.411 e. The van der Waals surface area contributed by atoms with Gasteiger partial charge in [0.1, 0.15) is 11.6 Å². The molecule has 5 rings (SSSR count). The molecule has 8 nitrogen and oxygen atoms in total. The molecule has 0 bridgehead atoms. The number of fused-ring (bicyclic) bond motifs is 1. The minimum absolute atomic E-state index is 0.223. The maximum absolute atomic E-state index is 14.9. The molecule has 38 heavy (non-hydrogen) atoms. The molecule has 1 fully saturated rings. The Morgan fingerprint density at radius 3 is 2.68 bits per heavy atom. The van der Waals surface area contributed by atoms with E-state index in [4.69, 9.17) is 11.6 Å². The molecular weight excluding hydrogens is 525 g/mol. The number of hydrogen-bond donors (Lipinski definition) is 2. The second kappa shape index (κ2) is 10.4. The van der Waals surface area contributed by atoms with Gasteiger partial charge in [0.15, 0.2) is 5.82 Å². The normalized spacial score (nSPS) is 18.8. The Morgan fingerprint density at radius 1 is 1.21 bits per heavy atom. The van der Waals surface area contributed by atoms with Crippen LogP contribution in [0.15, 0.2) is 48.7 Å². The third-order valence-electron chi connectivity index (χ3n) is 6.64. The average Bonchev–Trinajstić information content (AvgIpc) is 3.54. The summed E-state index contributed by atoms with van der Waals surface area (Å²) in [5.41, 5.74) is 2.15. The number of imidazole rings is 1. The quantitative estimate of drug-likeness (QED) is 0.385. The van der Waals surface area contributed by atoms with E-state index >= 15 is 0 Å². The van der Waals surface area contributed by atoms with Crippen molar-refractivity contribution in [3.05, 3.63) is 70.9 Å². The fourth-order valence-electron chi connectivity index (χ4n) is 4.98. The van der Waals surface area contributed by atoms with E-state index in [1.165, 1.54) is 19.3 Å². The molecule has 198 valence electrons. The van der Waals surface area contributed by atoms with Crippen molar-refractivity contribution in [3.8, 4) is 17.0 Å². The zero-order valence-corrected chi connectivity index (χ0v) is 20.8. The van der Waals surface area contributed by atoms with Gasteiger partial charge in [0.25, 0.3) is 0 Å². The van der Waals surface area contributed by atoms with E-state index in [1.54, 1.807) is 35.4 Å². The zero-order chi connectivity index (χ0) is 27.0. The number of anilines is 1. The number of nitrogens with zero attached hydrogens (tertiary/aromatic N) is 2. The third kappa shape index (κ3) is 4.93. The number of aromatic nitrogens is 2. The summed E-state index contributed by atoms with van der Waals surface area (Å²) in [4.78, 5) is 34.0. The molecule has 0 spiro atoms. The van der Waals surface area contributed by atoms with Crippen molar-refractivity contribution >= 4 is 34.9 Å². The highest BCUT2D eigenvalue weighted by Crippen LogP contribution is 2.45. The lowest BCUT2D eigenvalue weighted by Gasteiger charge is -2.33. The molecule has 12 heteroatoms. The monoisotopic (exact) mass is 546 g/mol. The number of ether oxygens (including phenoxy) is 2. The number of aromatic amines is 1. The van der Waals surface area contributed by atoms with E-state index < -0.39 is 18.5 Å². The fraction of sp³-hybridized carbons (Fsp3) is 0.269. The van der Waals surface area contributed by atoms with Crippen LogP contribution in [0.2, 0.25) is 5.02 Å². The predicted octanol–water partition coefficient (Wildman–Crippen LogP) is 6.17. The Bertz CT molecular complexity index is 1410. The standard InChI is InChI=1S/C26H22ClF3N4O4/c1-37-26(36)32-15-4-2-13(3-5-15)18-12-31-24(33-18)19-8-6-16-10-14(11-21(35)34(16)19)22-20(38-25(29)30)9-7-17(27)23(22)28/h2-5,7,9,11-12,16,19,25H,6,8,10H2,1H3,(H,31,33)(H,32,36)/t16-,19-/m0/s1. The van der Waals surface area contributed by atoms with Crippen LogP contribution in [-0.2, 0) is 9.53 Å². The highest BCUT2D eigenvalue weighted by atomic mass is 35.5. The number of amides is 2. The fourth-order valence-corrected chi connectivity index (χ4v) is 5.13. The smallest absolute Gasteiger partial charge is 0.411 e. The van der Waals surface area contributed by atoms with Crippen LogP contribution in [0.3, 0.4) is 0 Å². The van der Waals surface area contributed by atoms with Gasteiger partial charge in [-0.15, -0.1) is 0 Å². The van der Waals surface area contributed by atoms with Crippen LogP contribution in [-0.4, -0.2) is 46.6 Å². The van der Waals surface area contributed by atoms with Gasteiger partial charge in [0.05, 0.1) is 35.6 Å². The number of carbonyl (C=O) groups is 2. The van der Waals surface area contributed by atoms with Crippen LogP contribution >= 0.6 is 11.6 Å². The van der Waals surface area contributed by atoms with Crippen molar-refractivity contribution in [2.45, 2.75) is 38.0 Å². The summed E-state index contributed by atoms with van der Waals surface area (Å²) in [7, 11) is 1.28. The minimum atomic E-state index is -3.16. The zero-order valence-electron chi connectivity index (χ0n) is 20.0. The van der Waals surface area contributed by atoms with Gasteiger partial charge in [0, 0.05) is 17.8 Å². The molecule has 2 aliphatic heterocycles. The van der Waals surface area contributed by atoms with E-state index in [0.29, 0.717) is 24.4 Å². The molecule has 2 aromatic carbocycles. The second-order valence-electron chi connectivity index (χ2n) is 8.86. The number of benzene rings is 2. The van der Waals surface area contributed by atoms with Crippen molar-refractivity contribution in [2.24, 2.45) is 0 Å². The van der Waals surface area contributed by atoms with Crippen LogP contribution in [0.1, 0.15) is 36.7 Å². The molecule has 2 N–H and O–H groups in total.